The Morgan fingerprint density at radius 1 is 0.909 bits per heavy atom. The van der Waals surface area contributed by atoms with Crippen LogP contribution in [0.15, 0.2) is 41.3 Å². The molecular weight excluding hydrogens is 443 g/mol. The van der Waals surface area contributed by atoms with Gasteiger partial charge in [-0.25, -0.2) is 12.8 Å². The number of rotatable bonds is 4. The summed E-state index contributed by atoms with van der Waals surface area (Å²) in [6.07, 6.45) is 4.36. The monoisotopic (exact) mass is 470 g/mol. The molecule has 0 aromatic heterocycles. The summed E-state index contributed by atoms with van der Waals surface area (Å²) in [5.74, 6) is -0.664. The molecule has 2 aliphatic heterocycles. The standard InChI is InChI=1S/C24H27FN4O3S/c1-33(31,32)19-6-8-22(27-9-3-2-4-10-27)20(16-19)24(30)29-13-11-28(12-14-29)23-7-5-18(17-26)15-21(23)25/h5-8,15-16H,2-4,9-14H2,1H3. The molecule has 0 radical (unpaired) electrons. The van der Waals surface area contributed by atoms with Crippen LogP contribution >= 0.6 is 0 Å². The zero-order valence-corrected chi connectivity index (χ0v) is 19.4. The summed E-state index contributed by atoms with van der Waals surface area (Å²) in [5, 5.41) is 8.94. The van der Waals surface area contributed by atoms with Crippen LogP contribution in [0.3, 0.4) is 0 Å². The molecule has 2 aromatic rings. The molecule has 0 bridgehead atoms. The van der Waals surface area contributed by atoms with Crippen LogP contribution < -0.4 is 9.80 Å². The van der Waals surface area contributed by atoms with E-state index in [-0.39, 0.29) is 16.4 Å². The topological polar surface area (TPSA) is 84.7 Å². The Morgan fingerprint density at radius 2 is 1.55 bits per heavy atom. The van der Waals surface area contributed by atoms with Gasteiger partial charge in [-0.3, -0.25) is 4.79 Å². The Labute approximate surface area is 193 Å². The van der Waals surface area contributed by atoms with E-state index >= 15 is 0 Å². The number of sulfone groups is 1. The summed E-state index contributed by atoms with van der Waals surface area (Å²) >= 11 is 0. The van der Waals surface area contributed by atoms with E-state index in [1.807, 2.05) is 11.0 Å². The Morgan fingerprint density at radius 3 is 2.15 bits per heavy atom. The quantitative estimate of drug-likeness (QED) is 0.683. The third-order valence-corrected chi connectivity index (χ3v) is 7.42. The lowest BCUT2D eigenvalue weighted by molar-refractivity contribution is 0.0747. The van der Waals surface area contributed by atoms with Crippen LogP contribution in [0.2, 0.25) is 0 Å². The highest BCUT2D eigenvalue weighted by atomic mass is 32.2. The third-order valence-electron chi connectivity index (χ3n) is 6.31. The van der Waals surface area contributed by atoms with Gasteiger partial charge in [0.2, 0.25) is 0 Å². The van der Waals surface area contributed by atoms with Crippen molar-refractivity contribution >= 4 is 27.1 Å². The van der Waals surface area contributed by atoms with E-state index in [4.69, 9.17) is 5.26 Å². The number of piperazine rings is 1. The van der Waals surface area contributed by atoms with Crippen LogP contribution in [0.25, 0.3) is 0 Å². The van der Waals surface area contributed by atoms with Gasteiger partial charge >= 0.3 is 0 Å². The van der Waals surface area contributed by atoms with E-state index in [9.17, 15) is 17.6 Å². The molecule has 0 spiro atoms. The molecule has 2 aliphatic rings. The fraction of sp³-hybridized carbons (Fsp3) is 0.417. The normalized spacial score (nSPS) is 17.1. The van der Waals surface area contributed by atoms with Crippen LogP contribution in [-0.4, -0.2) is 64.7 Å². The van der Waals surface area contributed by atoms with E-state index in [1.54, 1.807) is 29.2 Å². The lowest BCUT2D eigenvalue weighted by Crippen LogP contribution is -2.49. The number of piperidine rings is 1. The summed E-state index contributed by atoms with van der Waals surface area (Å²) in [7, 11) is -3.45. The third kappa shape index (κ3) is 4.96. The number of benzene rings is 2. The van der Waals surface area contributed by atoms with Crippen molar-refractivity contribution in [3.8, 4) is 6.07 Å². The average Bonchev–Trinajstić information content (AvgIpc) is 2.83. The van der Waals surface area contributed by atoms with Crippen LogP contribution in [0.1, 0.15) is 35.2 Å². The van der Waals surface area contributed by atoms with E-state index in [1.165, 1.54) is 12.1 Å². The van der Waals surface area contributed by atoms with Gasteiger partial charge in [-0.1, -0.05) is 0 Å². The Kier molecular flexibility index (Phi) is 6.56. The second kappa shape index (κ2) is 9.40. The smallest absolute Gasteiger partial charge is 0.256 e. The molecule has 2 heterocycles. The summed E-state index contributed by atoms with van der Waals surface area (Å²) in [6, 6.07) is 11.1. The van der Waals surface area contributed by atoms with Gasteiger partial charge in [0.25, 0.3) is 5.91 Å². The largest absolute Gasteiger partial charge is 0.371 e. The molecule has 4 rings (SSSR count). The molecule has 2 fully saturated rings. The Hall–Kier alpha value is -3.12. The number of carbonyl (C=O) groups excluding carboxylic acids is 1. The van der Waals surface area contributed by atoms with Gasteiger partial charge in [-0.2, -0.15) is 5.26 Å². The lowest BCUT2D eigenvalue weighted by atomic mass is 10.1. The molecule has 174 valence electrons. The van der Waals surface area contributed by atoms with Crippen LogP contribution in [0, 0.1) is 17.1 Å². The fourth-order valence-electron chi connectivity index (χ4n) is 4.48. The highest BCUT2D eigenvalue weighted by Crippen LogP contribution is 2.29. The number of hydrogen-bond acceptors (Lipinski definition) is 6. The first kappa shape index (κ1) is 23.1. The number of halogens is 1. The maximum Gasteiger partial charge on any atom is 0.256 e. The van der Waals surface area contributed by atoms with Crippen molar-refractivity contribution in [3.05, 3.63) is 53.3 Å². The number of hydrogen-bond donors (Lipinski definition) is 0. The number of amides is 1. The second-order valence-electron chi connectivity index (χ2n) is 8.56. The van der Waals surface area contributed by atoms with Crippen LogP contribution in [0.4, 0.5) is 15.8 Å². The van der Waals surface area contributed by atoms with Crippen LogP contribution in [-0.2, 0) is 9.84 Å². The van der Waals surface area contributed by atoms with Crippen molar-refractivity contribution in [1.29, 1.82) is 5.26 Å². The minimum Gasteiger partial charge on any atom is -0.371 e. The summed E-state index contributed by atoms with van der Waals surface area (Å²) in [5.41, 5.74) is 1.85. The first-order chi connectivity index (χ1) is 15.8. The highest BCUT2D eigenvalue weighted by Gasteiger charge is 2.28. The van der Waals surface area contributed by atoms with Gasteiger partial charge in [0, 0.05) is 51.2 Å². The van der Waals surface area contributed by atoms with Crippen LogP contribution in [0.5, 0.6) is 0 Å². The molecule has 0 aliphatic carbocycles. The molecular formula is C24H27FN4O3S. The number of nitriles is 1. The molecule has 33 heavy (non-hydrogen) atoms. The second-order valence-corrected chi connectivity index (χ2v) is 10.6. The number of nitrogens with zero attached hydrogens (tertiary/aromatic N) is 4. The Balaban J connectivity index is 1.56. The molecule has 7 nitrogen and oxygen atoms in total. The van der Waals surface area contributed by atoms with Crippen molar-refractivity contribution in [2.24, 2.45) is 0 Å². The van der Waals surface area contributed by atoms with Crippen molar-refractivity contribution in [1.82, 2.24) is 4.90 Å². The van der Waals surface area contributed by atoms with Gasteiger partial charge in [-0.15, -0.1) is 0 Å². The number of anilines is 2. The summed E-state index contributed by atoms with van der Waals surface area (Å²) in [4.78, 5) is 19.4. The van der Waals surface area contributed by atoms with E-state index in [0.29, 0.717) is 37.4 Å². The molecule has 0 unspecified atom stereocenters. The molecule has 0 atom stereocenters. The highest BCUT2D eigenvalue weighted by molar-refractivity contribution is 7.90. The first-order valence-corrected chi connectivity index (χ1v) is 13.0. The molecule has 9 heteroatoms. The summed E-state index contributed by atoms with van der Waals surface area (Å²) in [6.45, 7) is 3.34. The van der Waals surface area contributed by atoms with Gasteiger partial charge in [0.05, 0.1) is 27.8 Å². The van der Waals surface area contributed by atoms with Crippen molar-refractivity contribution in [3.63, 3.8) is 0 Å². The van der Waals surface area contributed by atoms with Gasteiger partial charge in [0.15, 0.2) is 9.84 Å². The zero-order valence-electron chi connectivity index (χ0n) is 18.6. The first-order valence-electron chi connectivity index (χ1n) is 11.1. The minimum atomic E-state index is -3.45. The minimum absolute atomic E-state index is 0.130. The molecule has 0 N–H and O–H groups in total. The SMILES string of the molecule is CS(=O)(=O)c1ccc(N2CCCCC2)c(C(=O)N2CCN(c3ccc(C#N)cc3F)CC2)c1. The summed E-state index contributed by atoms with van der Waals surface area (Å²) < 4.78 is 38.7. The maximum absolute atomic E-state index is 14.4. The van der Waals surface area contributed by atoms with E-state index < -0.39 is 15.7 Å². The van der Waals surface area contributed by atoms with E-state index in [2.05, 4.69) is 4.90 Å². The number of carbonyl (C=O) groups is 1. The van der Waals surface area contributed by atoms with E-state index in [0.717, 1.165) is 44.3 Å². The Bertz CT molecular complexity index is 1190. The average molecular weight is 471 g/mol. The van der Waals surface area contributed by atoms with Gasteiger partial charge in [0.1, 0.15) is 5.82 Å². The van der Waals surface area contributed by atoms with Gasteiger partial charge in [-0.05, 0) is 55.7 Å². The van der Waals surface area contributed by atoms with Crippen molar-refractivity contribution in [2.45, 2.75) is 24.2 Å². The molecule has 2 aromatic carbocycles. The predicted octanol–water partition coefficient (Wildman–Crippen LogP) is 3.05. The molecule has 2 saturated heterocycles. The lowest BCUT2D eigenvalue weighted by Gasteiger charge is -2.37. The maximum atomic E-state index is 14.4. The van der Waals surface area contributed by atoms with Crippen molar-refractivity contribution in [2.75, 3.05) is 55.3 Å². The zero-order chi connectivity index (χ0) is 23.6. The van der Waals surface area contributed by atoms with Gasteiger partial charge < -0.3 is 14.7 Å². The molecule has 1 amide bonds. The van der Waals surface area contributed by atoms with Crippen molar-refractivity contribution < 1.29 is 17.6 Å². The predicted molar refractivity (Wildman–Crippen MR) is 125 cm³/mol. The molecule has 0 saturated carbocycles. The fourth-order valence-corrected chi connectivity index (χ4v) is 5.13.